The first-order chi connectivity index (χ1) is 7.33. The van der Waals surface area contributed by atoms with Crippen molar-refractivity contribution in [3.05, 3.63) is 0 Å². The summed E-state index contributed by atoms with van der Waals surface area (Å²) in [6.07, 6.45) is 0.330. The van der Waals surface area contributed by atoms with Crippen LogP contribution in [0.2, 0.25) is 0 Å². The Labute approximate surface area is 96.3 Å². The first-order valence-electron chi connectivity index (χ1n) is 5.55. The van der Waals surface area contributed by atoms with Gasteiger partial charge in [-0.2, -0.15) is 0 Å². The van der Waals surface area contributed by atoms with Gasteiger partial charge in [-0.3, -0.25) is 0 Å². The van der Waals surface area contributed by atoms with Gasteiger partial charge in [-0.25, -0.2) is 4.79 Å². The molecule has 16 heavy (non-hydrogen) atoms. The maximum absolute atomic E-state index is 11.8. The van der Waals surface area contributed by atoms with Gasteiger partial charge in [-0.1, -0.05) is 0 Å². The van der Waals surface area contributed by atoms with Gasteiger partial charge in [0.05, 0.1) is 12.6 Å². The van der Waals surface area contributed by atoms with Crippen LogP contribution in [-0.4, -0.2) is 47.2 Å². The number of hydrogen-bond donors (Lipinski definition) is 1. The lowest BCUT2D eigenvalue weighted by atomic mass is 10.2. The first kappa shape index (κ1) is 13.3. The molecule has 0 aromatic carbocycles. The zero-order valence-corrected chi connectivity index (χ0v) is 10.4. The molecule has 1 fully saturated rings. The summed E-state index contributed by atoms with van der Waals surface area (Å²) in [7, 11) is 0. The minimum atomic E-state index is -0.479. The number of aliphatic hydroxyl groups excluding tert-OH is 1. The molecule has 5 heteroatoms. The number of hydrogen-bond acceptors (Lipinski definition) is 4. The monoisotopic (exact) mass is 231 g/mol. The number of amides is 1. The lowest BCUT2D eigenvalue weighted by Gasteiger charge is -2.26. The smallest absolute Gasteiger partial charge is 0.410 e. The lowest BCUT2D eigenvalue weighted by Crippen LogP contribution is -2.39. The Hall–Kier alpha value is -0.810. The quantitative estimate of drug-likeness (QED) is 0.729. The first-order valence-corrected chi connectivity index (χ1v) is 5.55. The summed E-state index contributed by atoms with van der Waals surface area (Å²) in [5.41, 5.74) is -0.479. The fraction of sp³-hybridized carbons (Fsp3) is 0.909. The topological polar surface area (TPSA) is 59.0 Å². The fourth-order valence-corrected chi connectivity index (χ4v) is 1.78. The highest BCUT2D eigenvalue weighted by atomic mass is 16.6. The van der Waals surface area contributed by atoms with E-state index in [-0.39, 0.29) is 25.0 Å². The summed E-state index contributed by atoms with van der Waals surface area (Å²) in [6, 6.07) is 0.0893. The number of rotatable bonds is 2. The van der Waals surface area contributed by atoms with E-state index in [9.17, 15) is 4.79 Å². The van der Waals surface area contributed by atoms with E-state index in [1.165, 1.54) is 0 Å². The highest BCUT2D eigenvalue weighted by molar-refractivity contribution is 5.69. The van der Waals surface area contributed by atoms with Crippen molar-refractivity contribution in [3.63, 3.8) is 0 Å². The third kappa shape index (κ3) is 3.64. The molecule has 94 valence electrons. The third-order valence-corrected chi connectivity index (χ3v) is 2.47. The summed E-state index contributed by atoms with van der Waals surface area (Å²) < 4.78 is 10.4. The molecule has 1 N–H and O–H groups in total. The van der Waals surface area contributed by atoms with Crippen molar-refractivity contribution >= 4 is 6.09 Å². The fourth-order valence-electron chi connectivity index (χ4n) is 1.78. The second-order valence-electron chi connectivity index (χ2n) is 5.14. The molecule has 0 aliphatic carbocycles. The van der Waals surface area contributed by atoms with Crippen LogP contribution in [0.15, 0.2) is 0 Å². The lowest BCUT2D eigenvalue weighted by molar-refractivity contribution is -0.0460. The standard InChI is InChI=1S/C11H21NO4/c1-8-5-9(15-7-13)6-12(8)10(14)16-11(2,3)4/h8-9,13H,5-7H2,1-4H3/t8-,9+/m0/s1. The van der Waals surface area contributed by atoms with E-state index in [0.29, 0.717) is 6.54 Å². The highest BCUT2D eigenvalue weighted by Gasteiger charge is 2.35. The number of nitrogens with zero attached hydrogens (tertiary/aromatic N) is 1. The zero-order chi connectivity index (χ0) is 12.3. The molecule has 1 heterocycles. The van der Waals surface area contributed by atoms with E-state index in [1.54, 1.807) is 4.90 Å². The second-order valence-corrected chi connectivity index (χ2v) is 5.14. The number of aliphatic hydroxyl groups is 1. The van der Waals surface area contributed by atoms with Crippen molar-refractivity contribution in [2.45, 2.75) is 51.9 Å². The maximum atomic E-state index is 11.8. The molecule has 0 bridgehead atoms. The van der Waals surface area contributed by atoms with Crippen LogP contribution < -0.4 is 0 Å². The van der Waals surface area contributed by atoms with Crippen LogP contribution in [0.5, 0.6) is 0 Å². The Morgan fingerprint density at radius 2 is 2.12 bits per heavy atom. The van der Waals surface area contributed by atoms with E-state index < -0.39 is 5.60 Å². The molecule has 0 saturated carbocycles. The molecule has 5 nitrogen and oxygen atoms in total. The molecule has 1 saturated heterocycles. The third-order valence-electron chi connectivity index (χ3n) is 2.47. The minimum Gasteiger partial charge on any atom is -0.444 e. The average Bonchev–Trinajstić information content (AvgIpc) is 2.44. The van der Waals surface area contributed by atoms with Crippen molar-refractivity contribution in [3.8, 4) is 0 Å². The normalized spacial score (nSPS) is 25.9. The van der Waals surface area contributed by atoms with Crippen LogP contribution in [0.1, 0.15) is 34.1 Å². The van der Waals surface area contributed by atoms with Crippen LogP contribution in [0.4, 0.5) is 4.79 Å². The molecule has 1 aliphatic heterocycles. The van der Waals surface area contributed by atoms with Crippen LogP contribution in [0.25, 0.3) is 0 Å². The van der Waals surface area contributed by atoms with Crippen molar-refractivity contribution in [2.24, 2.45) is 0 Å². The molecule has 1 amide bonds. The summed E-state index contributed by atoms with van der Waals surface area (Å²) in [6.45, 7) is 7.65. The number of likely N-dealkylation sites (tertiary alicyclic amines) is 1. The SMILES string of the molecule is C[C@H]1C[C@@H](OCO)CN1C(=O)OC(C)(C)C. The van der Waals surface area contributed by atoms with Crippen molar-refractivity contribution in [1.82, 2.24) is 4.90 Å². The molecule has 0 unspecified atom stereocenters. The highest BCUT2D eigenvalue weighted by Crippen LogP contribution is 2.22. The summed E-state index contributed by atoms with van der Waals surface area (Å²) in [5, 5.41) is 8.67. The van der Waals surface area contributed by atoms with Gasteiger partial charge in [0.2, 0.25) is 0 Å². The maximum Gasteiger partial charge on any atom is 0.410 e. The van der Waals surface area contributed by atoms with E-state index in [0.717, 1.165) is 6.42 Å². The van der Waals surface area contributed by atoms with Gasteiger partial charge in [0.15, 0.2) is 0 Å². The van der Waals surface area contributed by atoms with Crippen LogP contribution >= 0.6 is 0 Å². The van der Waals surface area contributed by atoms with E-state index in [1.807, 2.05) is 27.7 Å². The molecule has 2 atom stereocenters. The molecule has 0 aromatic rings. The molecule has 0 spiro atoms. The average molecular weight is 231 g/mol. The predicted octanol–water partition coefficient (Wildman–Crippen LogP) is 1.35. The molecular weight excluding hydrogens is 210 g/mol. The Kier molecular flexibility index (Phi) is 4.15. The molecular formula is C11H21NO4. The van der Waals surface area contributed by atoms with Crippen LogP contribution in [0, 0.1) is 0 Å². The van der Waals surface area contributed by atoms with Gasteiger partial charge in [-0.05, 0) is 34.1 Å². The summed E-state index contributed by atoms with van der Waals surface area (Å²) in [5.74, 6) is 0. The summed E-state index contributed by atoms with van der Waals surface area (Å²) in [4.78, 5) is 13.5. The number of ether oxygens (including phenoxy) is 2. The number of carbonyl (C=O) groups excluding carboxylic acids is 1. The second kappa shape index (κ2) is 5.01. The molecule has 1 aliphatic rings. The predicted molar refractivity (Wildman–Crippen MR) is 59.0 cm³/mol. The van der Waals surface area contributed by atoms with Crippen LogP contribution in [0.3, 0.4) is 0 Å². The molecule has 0 radical (unpaired) electrons. The number of carbonyl (C=O) groups is 1. The van der Waals surface area contributed by atoms with Gasteiger partial charge in [0.1, 0.15) is 12.4 Å². The van der Waals surface area contributed by atoms with Gasteiger partial charge in [-0.15, -0.1) is 0 Å². The van der Waals surface area contributed by atoms with Gasteiger partial charge >= 0.3 is 6.09 Å². The summed E-state index contributed by atoms with van der Waals surface area (Å²) >= 11 is 0. The Balaban J connectivity index is 2.51. The molecule has 1 rings (SSSR count). The van der Waals surface area contributed by atoms with Crippen molar-refractivity contribution in [1.29, 1.82) is 0 Å². The van der Waals surface area contributed by atoms with E-state index >= 15 is 0 Å². The van der Waals surface area contributed by atoms with Gasteiger partial charge < -0.3 is 19.5 Å². The minimum absolute atomic E-state index is 0.0893. The van der Waals surface area contributed by atoms with Crippen LogP contribution in [-0.2, 0) is 9.47 Å². The van der Waals surface area contributed by atoms with Crippen molar-refractivity contribution in [2.75, 3.05) is 13.3 Å². The van der Waals surface area contributed by atoms with Crippen molar-refractivity contribution < 1.29 is 19.4 Å². The zero-order valence-electron chi connectivity index (χ0n) is 10.4. The van der Waals surface area contributed by atoms with E-state index in [2.05, 4.69) is 0 Å². The van der Waals surface area contributed by atoms with E-state index in [4.69, 9.17) is 14.6 Å². The van der Waals surface area contributed by atoms with Gasteiger partial charge in [0, 0.05) is 6.04 Å². The Morgan fingerprint density at radius 1 is 1.50 bits per heavy atom. The van der Waals surface area contributed by atoms with Gasteiger partial charge in [0.25, 0.3) is 0 Å². The Morgan fingerprint density at radius 3 is 2.62 bits per heavy atom. The molecule has 0 aromatic heterocycles. The largest absolute Gasteiger partial charge is 0.444 e. The Bertz CT molecular complexity index is 249.